The van der Waals surface area contributed by atoms with Crippen LogP contribution in [0.5, 0.6) is 0 Å². The monoisotopic (exact) mass is 548 g/mol. The molecule has 2 atom stereocenters. The van der Waals surface area contributed by atoms with E-state index >= 15 is 0 Å². The van der Waals surface area contributed by atoms with Gasteiger partial charge in [0, 0.05) is 35.5 Å². The second-order valence-electron chi connectivity index (χ2n) is 8.52. The van der Waals surface area contributed by atoms with Crippen molar-refractivity contribution in [2.75, 3.05) is 6.61 Å². The van der Waals surface area contributed by atoms with Gasteiger partial charge in [-0.25, -0.2) is 0 Å². The van der Waals surface area contributed by atoms with Crippen molar-refractivity contribution < 1.29 is 45.0 Å². The van der Waals surface area contributed by atoms with Crippen LogP contribution < -0.4 is 10.4 Å². The van der Waals surface area contributed by atoms with Crippen molar-refractivity contribution in [1.82, 2.24) is 0 Å². The number of ether oxygens (including phenoxy) is 1. The second-order valence-corrected chi connectivity index (χ2v) is 12.8. The molecule has 2 aromatic carbocycles. The van der Waals surface area contributed by atoms with E-state index < -0.39 is 14.4 Å². The molecule has 1 radical (unpaired) electrons. The van der Waals surface area contributed by atoms with Crippen LogP contribution in [0.25, 0.3) is 0 Å². The number of hydrogen-bond donors (Lipinski definition) is 0. The van der Waals surface area contributed by atoms with Gasteiger partial charge in [0.1, 0.15) is 0 Å². The summed E-state index contributed by atoms with van der Waals surface area (Å²) in [5.41, 5.74) is 0. The zero-order valence-corrected chi connectivity index (χ0v) is 23.3. The molecule has 0 aliphatic heterocycles. The quantitative estimate of drug-likeness (QED) is 0.252. The molecule has 0 saturated heterocycles. The molecule has 0 spiro atoms. The molecule has 193 valence electrons. The van der Waals surface area contributed by atoms with Crippen LogP contribution in [0.1, 0.15) is 34.6 Å². The molecule has 0 bridgehead atoms. The van der Waals surface area contributed by atoms with Gasteiger partial charge < -0.3 is 14.0 Å². The van der Waals surface area contributed by atoms with Crippen molar-refractivity contribution in [3.63, 3.8) is 0 Å². The Labute approximate surface area is 227 Å². The van der Waals surface area contributed by atoms with E-state index in [0.717, 1.165) is 5.92 Å². The van der Waals surface area contributed by atoms with E-state index in [-0.39, 0.29) is 28.0 Å². The van der Waals surface area contributed by atoms with Gasteiger partial charge in [-0.3, -0.25) is 0 Å². The van der Waals surface area contributed by atoms with Crippen molar-refractivity contribution in [3.05, 3.63) is 99.2 Å². The summed E-state index contributed by atoms with van der Waals surface area (Å²) in [5.74, 6) is 0.864. The van der Waals surface area contributed by atoms with E-state index in [0.29, 0.717) is 6.61 Å². The average Bonchev–Trinajstić information content (AvgIpc) is 2.91. The van der Waals surface area contributed by atoms with E-state index in [1.54, 1.807) is 12.5 Å². The SMILES string of the molecule is C=C[C](C)[C@@H](O[C-]=O)[C@H](C)CO[Si](c1ccccc1)(c1ccccc1)C(C)(C)C.[C-]#[O+].[C-]#[O+].[C-]#[O+].[Fe]. The first-order valence-corrected chi connectivity index (χ1v) is 12.5. The van der Waals surface area contributed by atoms with Crippen molar-refractivity contribution in [3.8, 4) is 0 Å². The largest absolute Gasteiger partial charge is 0 e. The minimum Gasteiger partial charge on any atom is 0 e. The smallest absolute Gasteiger partial charge is 0 e. The molecule has 0 N–H and O–H groups in total. The maximum absolute atomic E-state index is 10.9. The first-order chi connectivity index (χ1) is 16.8. The first kappa shape index (κ1) is 38.1. The fourth-order valence-electron chi connectivity index (χ4n) is 3.93. The van der Waals surface area contributed by atoms with Gasteiger partial charge in [-0.05, 0) is 15.4 Å². The molecule has 0 saturated carbocycles. The van der Waals surface area contributed by atoms with Gasteiger partial charge in [0.15, 0.2) is 0 Å². The van der Waals surface area contributed by atoms with E-state index in [1.807, 2.05) is 26.0 Å². The summed E-state index contributed by atoms with van der Waals surface area (Å²) in [7, 11) is -2.62. The van der Waals surface area contributed by atoms with Gasteiger partial charge in [-0.2, -0.15) is 0 Å². The molecule has 0 aromatic heterocycles. The van der Waals surface area contributed by atoms with Crippen LogP contribution in [-0.4, -0.2) is 27.5 Å². The van der Waals surface area contributed by atoms with Crippen molar-refractivity contribution >= 4 is 25.2 Å². The van der Waals surface area contributed by atoms with E-state index in [1.165, 1.54) is 10.4 Å². The Kier molecular flexibility index (Phi) is 21.9. The van der Waals surface area contributed by atoms with Crippen LogP contribution in [0.4, 0.5) is 0 Å². The molecule has 0 amide bonds. The topological polar surface area (TPSA) is 95.2 Å². The van der Waals surface area contributed by atoms with Gasteiger partial charge >= 0.3 is 33.9 Å². The molecule has 2 aromatic rings. The third-order valence-electron chi connectivity index (χ3n) is 5.44. The van der Waals surface area contributed by atoms with Crippen LogP contribution in [0.3, 0.4) is 0 Å². The Morgan fingerprint density at radius 1 is 0.972 bits per heavy atom. The average molecular weight is 548 g/mol. The van der Waals surface area contributed by atoms with Gasteiger partial charge in [0.05, 0.1) is 6.10 Å². The number of carbonyl (C=O) groups excluding carboxylic acids is 1. The summed E-state index contributed by atoms with van der Waals surface area (Å²) in [5, 5.41) is 2.37. The number of benzene rings is 2. The van der Waals surface area contributed by atoms with Crippen molar-refractivity contribution in [2.45, 2.75) is 45.8 Å². The summed E-state index contributed by atoms with van der Waals surface area (Å²) < 4.78 is 34.7. The Bertz CT molecular complexity index is 853. The maximum atomic E-state index is 10.9. The zero-order valence-electron chi connectivity index (χ0n) is 21.2. The fraction of sp³-hybridized carbons (Fsp3) is 0.321. The summed E-state index contributed by atoms with van der Waals surface area (Å²) in [6.45, 7) is 30.1. The van der Waals surface area contributed by atoms with Crippen molar-refractivity contribution in [1.29, 1.82) is 0 Å². The van der Waals surface area contributed by atoms with Gasteiger partial charge in [-0.15, -0.1) is 6.58 Å². The molecular formula is C28H32FeO6Si-. The molecule has 8 heteroatoms. The third-order valence-corrected chi connectivity index (χ3v) is 10.4. The Morgan fingerprint density at radius 2 is 1.36 bits per heavy atom. The molecule has 0 aliphatic rings. The standard InChI is InChI=1S/C25H32O3Si.3CO.Fe/c1-7-20(2)24(27-19-26)21(3)18-28-29(25(4,5)6,22-14-10-8-11-15-22)23-16-12-9-13-17-23;3*1-2;/h7-17,21,24H,1,18H2,2-6H3;;;;/q-1;;;;/t21-,24-;;;;/m1..../s1. The van der Waals surface area contributed by atoms with E-state index in [2.05, 4.69) is 95.8 Å². The predicted molar refractivity (Wildman–Crippen MR) is 134 cm³/mol. The Hall–Kier alpha value is -2.43. The maximum Gasteiger partial charge on any atom is 0 e. The van der Waals surface area contributed by atoms with Crippen LogP contribution in [0.2, 0.25) is 5.04 Å². The Morgan fingerprint density at radius 3 is 1.67 bits per heavy atom. The Balaban J connectivity index is -0.00000144. The third kappa shape index (κ3) is 10.3. The minimum atomic E-state index is -2.62. The van der Waals surface area contributed by atoms with Crippen LogP contribution >= 0.6 is 0 Å². The van der Waals surface area contributed by atoms with E-state index in [9.17, 15) is 4.79 Å². The summed E-state index contributed by atoms with van der Waals surface area (Å²) >= 11 is 0. The van der Waals surface area contributed by atoms with Crippen LogP contribution in [0, 0.1) is 31.8 Å². The number of hydrogen-bond acceptors (Lipinski definition) is 3. The second kappa shape index (κ2) is 20.7. The molecule has 0 unspecified atom stereocenters. The first-order valence-electron chi connectivity index (χ1n) is 10.6. The molecule has 0 fully saturated rings. The normalized spacial score (nSPS) is 11.7. The minimum absolute atomic E-state index is 0. The van der Waals surface area contributed by atoms with Gasteiger partial charge in [0.2, 0.25) is 0 Å². The molecule has 0 aliphatic carbocycles. The van der Waals surface area contributed by atoms with Crippen molar-refractivity contribution in [2.24, 2.45) is 5.92 Å². The van der Waals surface area contributed by atoms with Crippen LogP contribution in [0.15, 0.2) is 73.3 Å². The van der Waals surface area contributed by atoms with E-state index in [4.69, 9.17) is 23.1 Å². The molecule has 2 rings (SSSR count). The number of rotatable bonds is 10. The summed E-state index contributed by atoms with van der Waals surface area (Å²) in [6, 6.07) is 21.0. The summed E-state index contributed by atoms with van der Waals surface area (Å²) in [4.78, 5) is 10.9. The molecule has 6 nitrogen and oxygen atoms in total. The molecule has 36 heavy (non-hydrogen) atoms. The van der Waals surface area contributed by atoms with Gasteiger partial charge in [0.25, 0.3) is 8.32 Å². The zero-order chi connectivity index (χ0) is 27.5. The summed E-state index contributed by atoms with van der Waals surface area (Å²) in [6.07, 6.45) is 1.32. The van der Waals surface area contributed by atoms with Gasteiger partial charge in [-0.1, -0.05) is 108 Å². The fourth-order valence-corrected chi connectivity index (χ4v) is 8.60. The molecular weight excluding hydrogens is 516 g/mol. The molecule has 0 heterocycles. The predicted octanol–water partition coefficient (Wildman–Crippen LogP) is 4.32. The van der Waals surface area contributed by atoms with Crippen LogP contribution in [-0.2, 0) is 45.0 Å².